The van der Waals surface area contributed by atoms with Crippen LogP contribution in [0.15, 0.2) is 60.7 Å². The molecule has 1 fully saturated rings. The smallest absolute Gasteiger partial charge is 0.359 e. The Balaban J connectivity index is 1.56. The van der Waals surface area contributed by atoms with E-state index in [2.05, 4.69) is 22.0 Å². The van der Waals surface area contributed by atoms with E-state index in [9.17, 15) is 13.2 Å². The molecule has 27 heavy (non-hydrogen) atoms. The minimum atomic E-state index is -4.39. The summed E-state index contributed by atoms with van der Waals surface area (Å²) in [5.41, 5.74) is 1.77. The molecule has 1 aliphatic heterocycles. The second-order valence-corrected chi connectivity index (χ2v) is 7.01. The molecule has 0 aliphatic carbocycles. The number of quaternary nitrogens is 1. The van der Waals surface area contributed by atoms with Crippen molar-refractivity contribution in [2.24, 2.45) is 0 Å². The van der Waals surface area contributed by atoms with Crippen LogP contribution >= 0.6 is 0 Å². The Morgan fingerprint density at radius 1 is 0.926 bits per heavy atom. The van der Waals surface area contributed by atoms with Gasteiger partial charge in [0.05, 0.1) is 37.3 Å². The van der Waals surface area contributed by atoms with Gasteiger partial charge in [-0.1, -0.05) is 42.5 Å². The van der Waals surface area contributed by atoms with Crippen molar-refractivity contribution in [3.8, 4) is 0 Å². The number of aromatic nitrogens is 1. The summed E-state index contributed by atoms with van der Waals surface area (Å²) in [6, 6.07) is 18.8. The minimum Gasteiger partial charge on any atom is -0.359 e. The Labute approximate surface area is 156 Å². The van der Waals surface area contributed by atoms with Crippen LogP contribution in [0.5, 0.6) is 0 Å². The van der Waals surface area contributed by atoms with Crippen molar-refractivity contribution in [2.75, 3.05) is 31.1 Å². The van der Waals surface area contributed by atoms with Gasteiger partial charge >= 0.3 is 6.18 Å². The summed E-state index contributed by atoms with van der Waals surface area (Å²) >= 11 is 0. The van der Waals surface area contributed by atoms with Crippen LogP contribution in [0.25, 0.3) is 10.9 Å². The molecule has 1 saturated heterocycles. The quantitative estimate of drug-likeness (QED) is 0.749. The zero-order valence-corrected chi connectivity index (χ0v) is 14.9. The van der Waals surface area contributed by atoms with E-state index in [1.54, 1.807) is 12.1 Å². The van der Waals surface area contributed by atoms with E-state index in [1.807, 2.05) is 30.3 Å². The molecule has 0 unspecified atom stereocenters. The number of benzene rings is 2. The van der Waals surface area contributed by atoms with Crippen molar-refractivity contribution in [3.05, 3.63) is 71.9 Å². The molecule has 0 saturated carbocycles. The number of piperazine rings is 1. The number of anilines is 1. The maximum absolute atomic E-state index is 13.3. The molecule has 0 amide bonds. The number of hydrogen-bond donors (Lipinski definition) is 1. The number of rotatable bonds is 3. The molecule has 6 heteroatoms. The predicted octanol–water partition coefficient (Wildman–Crippen LogP) is 2.58. The molecule has 2 N–H and O–H groups in total. The van der Waals surface area contributed by atoms with Gasteiger partial charge in [0.15, 0.2) is 0 Å². The van der Waals surface area contributed by atoms with Gasteiger partial charge in [0.25, 0.3) is 5.69 Å². The first-order chi connectivity index (χ1) is 13.0. The summed E-state index contributed by atoms with van der Waals surface area (Å²) in [7, 11) is 0. The third kappa shape index (κ3) is 3.90. The Hall–Kier alpha value is -2.60. The number of fused-ring (bicyclic) bond motifs is 1. The maximum Gasteiger partial charge on any atom is 0.477 e. The highest BCUT2D eigenvalue weighted by molar-refractivity contribution is 5.89. The fourth-order valence-electron chi connectivity index (χ4n) is 3.75. The Morgan fingerprint density at radius 2 is 1.59 bits per heavy atom. The summed E-state index contributed by atoms with van der Waals surface area (Å²) in [5.74, 6) is 0. The van der Waals surface area contributed by atoms with E-state index in [4.69, 9.17) is 0 Å². The molecule has 2 aromatic carbocycles. The maximum atomic E-state index is 13.3. The Morgan fingerprint density at radius 3 is 2.30 bits per heavy atom. The molecule has 1 aromatic heterocycles. The van der Waals surface area contributed by atoms with Crippen molar-refractivity contribution in [1.82, 2.24) is 0 Å². The van der Waals surface area contributed by atoms with Gasteiger partial charge in [0.2, 0.25) is 5.52 Å². The van der Waals surface area contributed by atoms with E-state index in [1.165, 1.54) is 16.5 Å². The lowest BCUT2D eigenvalue weighted by molar-refractivity contribution is -0.914. The van der Waals surface area contributed by atoms with E-state index in [0.717, 1.165) is 38.1 Å². The van der Waals surface area contributed by atoms with Crippen LogP contribution in [0.4, 0.5) is 18.9 Å². The average Bonchev–Trinajstić information content (AvgIpc) is 2.68. The van der Waals surface area contributed by atoms with Crippen molar-refractivity contribution in [2.45, 2.75) is 12.7 Å². The van der Waals surface area contributed by atoms with Gasteiger partial charge in [0.1, 0.15) is 6.54 Å². The lowest BCUT2D eigenvalue weighted by Gasteiger charge is -2.34. The monoisotopic (exact) mass is 373 g/mol. The number of halogens is 3. The van der Waals surface area contributed by atoms with Gasteiger partial charge in [-0.3, -0.25) is 0 Å². The van der Waals surface area contributed by atoms with Gasteiger partial charge in [-0.05, 0) is 6.07 Å². The van der Waals surface area contributed by atoms with Gasteiger partial charge in [-0.25, -0.2) is 4.98 Å². The second-order valence-electron chi connectivity index (χ2n) is 7.01. The van der Waals surface area contributed by atoms with Gasteiger partial charge in [-0.2, -0.15) is 13.2 Å². The number of aromatic amines is 1. The molecule has 3 aromatic rings. The molecule has 3 nitrogen and oxygen atoms in total. The first-order valence-electron chi connectivity index (χ1n) is 9.15. The summed E-state index contributed by atoms with van der Waals surface area (Å²) in [5, 5.41) is 0.831. The number of alkyl halides is 3. The average molecular weight is 373 g/mol. The van der Waals surface area contributed by atoms with Crippen LogP contribution in [-0.2, 0) is 12.7 Å². The first-order valence-corrected chi connectivity index (χ1v) is 9.15. The highest BCUT2D eigenvalue weighted by Crippen LogP contribution is 2.32. The Bertz CT molecular complexity index is 917. The minimum absolute atomic E-state index is 0.515. The lowest BCUT2D eigenvalue weighted by atomic mass is 10.1. The third-order valence-corrected chi connectivity index (χ3v) is 5.17. The molecule has 0 radical (unpaired) electrons. The van der Waals surface area contributed by atoms with Crippen molar-refractivity contribution in [1.29, 1.82) is 0 Å². The van der Waals surface area contributed by atoms with Gasteiger partial charge in [0, 0.05) is 17.7 Å². The fraction of sp³-hybridized carbons (Fsp3) is 0.286. The highest BCUT2D eigenvalue weighted by atomic mass is 19.4. The number of para-hydroxylation sites is 1. The van der Waals surface area contributed by atoms with Crippen LogP contribution in [0.2, 0.25) is 0 Å². The lowest BCUT2D eigenvalue weighted by Crippen LogP contribution is -3.13. The number of H-pyrrole nitrogens is 1. The molecular formula is C21H22F3N3+2. The van der Waals surface area contributed by atoms with E-state index >= 15 is 0 Å². The van der Waals surface area contributed by atoms with E-state index in [0.29, 0.717) is 11.2 Å². The molecule has 4 rings (SSSR count). The number of pyridine rings is 1. The number of hydrogen-bond acceptors (Lipinski definition) is 1. The van der Waals surface area contributed by atoms with Crippen molar-refractivity contribution < 1.29 is 23.1 Å². The summed E-state index contributed by atoms with van der Waals surface area (Å²) in [6.45, 7) is 4.25. The van der Waals surface area contributed by atoms with E-state index < -0.39 is 11.9 Å². The summed E-state index contributed by atoms with van der Waals surface area (Å²) in [6.07, 6.45) is -4.39. The molecule has 1 aliphatic rings. The van der Waals surface area contributed by atoms with Crippen molar-refractivity contribution >= 4 is 16.6 Å². The van der Waals surface area contributed by atoms with Crippen LogP contribution in [0, 0.1) is 0 Å². The van der Waals surface area contributed by atoms with Gasteiger partial charge < -0.3 is 9.80 Å². The van der Waals surface area contributed by atoms with Crippen LogP contribution in [-0.4, -0.2) is 26.2 Å². The van der Waals surface area contributed by atoms with Crippen molar-refractivity contribution in [3.63, 3.8) is 0 Å². The molecule has 2 heterocycles. The van der Waals surface area contributed by atoms with E-state index in [-0.39, 0.29) is 0 Å². The fourth-order valence-corrected chi connectivity index (χ4v) is 3.75. The topological polar surface area (TPSA) is 21.8 Å². The molecule has 0 spiro atoms. The van der Waals surface area contributed by atoms with Crippen LogP contribution < -0.4 is 14.8 Å². The van der Waals surface area contributed by atoms with Crippen LogP contribution in [0.1, 0.15) is 11.3 Å². The van der Waals surface area contributed by atoms with Gasteiger partial charge in [-0.15, -0.1) is 0 Å². The zero-order chi connectivity index (χ0) is 18.9. The summed E-state index contributed by atoms with van der Waals surface area (Å²) < 4.78 is 39.9. The largest absolute Gasteiger partial charge is 0.477 e. The number of nitrogens with zero attached hydrogens (tertiary/aromatic N) is 1. The molecule has 0 atom stereocenters. The molecule has 0 bridgehead atoms. The Kier molecular flexibility index (Phi) is 4.74. The normalized spacial score (nSPS) is 16.0. The second kappa shape index (κ2) is 7.19. The third-order valence-electron chi connectivity index (χ3n) is 5.17. The van der Waals surface area contributed by atoms with Crippen LogP contribution in [0.3, 0.4) is 0 Å². The molecule has 140 valence electrons. The first kappa shape index (κ1) is 17.8. The zero-order valence-electron chi connectivity index (χ0n) is 14.9. The predicted molar refractivity (Wildman–Crippen MR) is 98.6 cm³/mol. The SMILES string of the molecule is FC(F)(F)c1cc(N2CC[NH+](Cc3ccccc3)CC2)c2ccccc2[nH+]1. The highest BCUT2D eigenvalue weighted by Gasteiger charge is 2.39. The molecular weight excluding hydrogens is 351 g/mol. The number of nitrogens with one attached hydrogen (secondary N) is 2. The summed E-state index contributed by atoms with van der Waals surface area (Å²) in [4.78, 5) is 6.07. The standard InChI is InChI=1S/C21H20F3N3/c22-21(23,24)20-14-19(17-8-4-5-9-18(17)25-20)27-12-10-26(11-13-27)15-16-6-2-1-3-7-16/h1-9,14H,10-13,15H2/p+2.